The van der Waals surface area contributed by atoms with E-state index in [0.29, 0.717) is 42.9 Å². The highest BCUT2D eigenvalue weighted by atomic mass is 35.5. The maximum absolute atomic E-state index is 14.4. The molecule has 2 aromatic carbocycles. The van der Waals surface area contributed by atoms with Gasteiger partial charge in [-0.15, -0.1) is 0 Å². The van der Waals surface area contributed by atoms with Gasteiger partial charge in [0.1, 0.15) is 0 Å². The molecule has 0 radical (unpaired) electrons. The minimum absolute atomic E-state index is 0.00238. The minimum Gasteiger partial charge on any atom is -0.494 e. The molecule has 12 heteroatoms. The number of piperidine rings is 1. The van der Waals surface area contributed by atoms with Crippen molar-refractivity contribution in [1.29, 1.82) is 0 Å². The van der Waals surface area contributed by atoms with Gasteiger partial charge in [0.15, 0.2) is 17.4 Å². The monoisotopic (exact) mass is 548 g/mol. The predicted octanol–water partition coefficient (Wildman–Crippen LogP) is 4.73. The SMILES string of the molecule is COc1ccc(-c2cnc(C(=O)Nc3ccc(C(=O)N4CCC(C(=O)O)CC4)c(Cl)c3)n2C)c(Cl)c1F. The number of aliphatic carboxylic acids is 1. The highest BCUT2D eigenvalue weighted by molar-refractivity contribution is 6.34. The number of rotatable bonds is 6. The molecule has 4 rings (SSSR count). The number of amides is 2. The quantitative estimate of drug-likeness (QED) is 0.460. The van der Waals surface area contributed by atoms with Gasteiger partial charge in [-0.2, -0.15) is 0 Å². The summed E-state index contributed by atoms with van der Waals surface area (Å²) in [7, 11) is 2.93. The summed E-state index contributed by atoms with van der Waals surface area (Å²) in [4.78, 5) is 42.6. The lowest BCUT2D eigenvalue weighted by atomic mass is 9.96. The molecule has 37 heavy (non-hydrogen) atoms. The first-order valence-corrected chi connectivity index (χ1v) is 12.0. The van der Waals surface area contributed by atoms with Crippen LogP contribution in [0.2, 0.25) is 10.0 Å². The van der Waals surface area contributed by atoms with Crippen molar-refractivity contribution >= 4 is 46.7 Å². The molecule has 2 amide bonds. The average molecular weight is 549 g/mol. The fourth-order valence-corrected chi connectivity index (χ4v) is 4.73. The third-order valence-electron chi connectivity index (χ3n) is 6.32. The zero-order valence-corrected chi connectivity index (χ0v) is 21.4. The Hall–Kier alpha value is -3.63. The van der Waals surface area contributed by atoms with Crippen LogP contribution in [0.5, 0.6) is 5.75 Å². The number of nitrogens with zero attached hydrogens (tertiary/aromatic N) is 3. The smallest absolute Gasteiger partial charge is 0.306 e. The predicted molar refractivity (Wildman–Crippen MR) is 136 cm³/mol. The topological polar surface area (TPSA) is 114 Å². The number of anilines is 1. The average Bonchev–Trinajstić information content (AvgIpc) is 3.26. The van der Waals surface area contributed by atoms with E-state index in [1.807, 2.05) is 0 Å². The number of carbonyl (C=O) groups excluding carboxylic acids is 2. The molecule has 0 unspecified atom stereocenters. The van der Waals surface area contributed by atoms with Crippen molar-refractivity contribution in [1.82, 2.24) is 14.5 Å². The van der Waals surface area contributed by atoms with E-state index >= 15 is 0 Å². The third-order valence-corrected chi connectivity index (χ3v) is 7.01. The van der Waals surface area contributed by atoms with Crippen LogP contribution < -0.4 is 10.1 Å². The third kappa shape index (κ3) is 5.26. The number of carboxylic acid groups (broad SMARTS) is 1. The normalized spacial score (nSPS) is 13.9. The Morgan fingerprint density at radius 3 is 2.49 bits per heavy atom. The fraction of sp³-hybridized carbons (Fsp3) is 0.280. The molecule has 0 bridgehead atoms. The van der Waals surface area contributed by atoms with Crippen LogP contribution in [0.1, 0.15) is 33.8 Å². The molecule has 1 fully saturated rings. The highest BCUT2D eigenvalue weighted by Crippen LogP contribution is 2.35. The fourth-order valence-electron chi connectivity index (χ4n) is 4.21. The Morgan fingerprint density at radius 2 is 1.86 bits per heavy atom. The van der Waals surface area contributed by atoms with Crippen LogP contribution >= 0.6 is 23.2 Å². The summed E-state index contributed by atoms with van der Waals surface area (Å²) < 4.78 is 20.8. The van der Waals surface area contributed by atoms with E-state index in [0.717, 1.165) is 0 Å². The number of hydrogen-bond donors (Lipinski definition) is 2. The summed E-state index contributed by atoms with van der Waals surface area (Å²) in [5.41, 5.74) is 1.35. The first kappa shape index (κ1) is 26.4. The number of likely N-dealkylation sites (tertiary alicyclic amines) is 1. The van der Waals surface area contributed by atoms with Crippen LogP contribution in [0.3, 0.4) is 0 Å². The van der Waals surface area contributed by atoms with E-state index in [1.54, 1.807) is 24.1 Å². The molecule has 0 spiro atoms. The maximum atomic E-state index is 14.4. The van der Waals surface area contributed by atoms with Gasteiger partial charge in [0.25, 0.3) is 11.8 Å². The maximum Gasteiger partial charge on any atom is 0.306 e. The van der Waals surface area contributed by atoms with Crippen molar-refractivity contribution < 1.29 is 28.6 Å². The van der Waals surface area contributed by atoms with Gasteiger partial charge in [0.2, 0.25) is 0 Å². The summed E-state index contributed by atoms with van der Waals surface area (Å²) >= 11 is 12.5. The Morgan fingerprint density at radius 1 is 1.16 bits per heavy atom. The van der Waals surface area contributed by atoms with E-state index in [2.05, 4.69) is 10.3 Å². The summed E-state index contributed by atoms with van der Waals surface area (Å²) in [5, 5.41) is 11.8. The zero-order chi connectivity index (χ0) is 26.9. The second kappa shape index (κ2) is 10.8. The lowest BCUT2D eigenvalue weighted by Crippen LogP contribution is -2.40. The summed E-state index contributed by atoms with van der Waals surface area (Å²) in [6, 6.07) is 7.51. The van der Waals surface area contributed by atoms with Crippen LogP contribution in [0, 0.1) is 11.7 Å². The minimum atomic E-state index is -0.857. The van der Waals surface area contributed by atoms with E-state index in [1.165, 1.54) is 36.1 Å². The van der Waals surface area contributed by atoms with Crippen LogP contribution in [0.15, 0.2) is 36.5 Å². The number of halogens is 3. The number of aromatic nitrogens is 2. The molecular weight excluding hydrogens is 526 g/mol. The first-order chi connectivity index (χ1) is 17.6. The van der Waals surface area contributed by atoms with E-state index < -0.39 is 23.6 Å². The van der Waals surface area contributed by atoms with E-state index in [-0.39, 0.29) is 33.1 Å². The summed E-state index contributed by atoms with van der Waals surface area (Å²) in [6.45, 7) is 0.655. The Labute approximate surface area is 221 Å². The van der Waals surface area contributed by atoms with E-state index in [4.69, 9.17) is 33.0 Å². The molecule has 1 aliphatic heterocycles. The van der Waals surface area contributed by atoms with Crippen LogP contribution in [-0.2, 0) is 11.8 Å². The largest absolute Gasteiger partial charge is 0.494 e. The Balaban J connectivity index is 1.48. The number of nitrogens with one attached hydrogen (secondary N) is 1. The second-order valence-electron chi connectivity index (χ2n) is 8.52. The van der Waals surface area contributed by atoms with Gasteiger partial charge in [-0.3, -0.25) is 14.4 Å². The van der Waals surface area contributed by atoms with Crippen molar-refractivity contribution in [2.24, 2.45) is 13.0 Å². The van der Waals surface area contributed by atoms with Crippen LogP contribution in [0.4, 0.5) is 10.1 Å². The number of hydrogen-bond acceptors (Lipinski definition) is 5. The number of benzene rings is 2. The standard InChI is InChI=1S/C25H23Cl2FN4O5/c1-31-18(16-5-6-19(37-2)21(28)20(16)27)12-29-22(31)23(33)30-14-3-4-15(17(26)11-14)24(34)32-9-7-13(8-10-32)25(35)36/h3-6,11-13H,7-10H2,1-2H3,(H,30,33)(H,35,36). The Bertz CT molecular complexity index is 1390. The van der Waals surface area contributed by atoms with Gasteiger partial charge in [0, 0.05) is 31.4 Å². The summed E-state index contributed by atoms with van der Waals surface area (Å²) in [5.74, 6) is -2.84. The van der Waals surface area contributed by atoms with Crippen molar-refractivity contribution in [3.05, 3.63) is 63.8 Å². The number of ether oxygens (including phenoxy) is 1. The van der Waals surface area contributed by atoms with Gasteiger partial charge >= 0.3 is 5.97 Å². The van der Waals surface area contributed by atoms with Crippen molar-refractivity contribution in [2.75, 3.05) is 25.5 Å². The molecule has 9 nitrogen and oxygen atoms in total. The molecule has 2 N–H and O–H groups in total. The molecule has 1 saturated heterocycles. The molecule has 194 valence electrons. The molecule has 0 atom stereocenters. The van der Waals surface area contributed by atoms with Crippen LogP contribution in [0.25, 0.3) is 11.3 Å². The van der Waals surface area contributed by atoms with Gasteiger partial charge in [0.05, 0.1) is 40.5 Å². The second-order valence-corrected chi connectivity index (χ2v) is 9.31. The highest BCUT2D eigenvalue weighted by Gasteiger charge is 2.28. The molecule has 1 aromatic heterocycles. The van der Waals surface area contributed by atoms with Crippen molar-refractivity contribution in [3.8, 4) is 17.0 Å². The summed E-state index contributed by atoms with van der Waals surface area (Å²) in [6.07, 6.45) is 2.17. The number of imidazole rings is 1. The molecule has 3 aromatic rings. The van der Waals surface area contributed by atoms with Gasteiger partial charge < -0.3 is 24.6 Å². The first-order valence-electron chi connectivity index (χ1n) is 11.3. The van der Waals surface area contributed by atoms with Gasteiger partial charge in [-0.1, -0.05) is 23.2 Å². The molecular formula is C25H23Cl2FN4O5. The Kier molecular flexibility index (Phi) is 7.70. The zero-order valence-electron chi connectivity index (χ0n) is 19.9. The lowest BCUT2D eigenvalue weighted by Gasteiger charge is -2.30. The van der Waals surface area contributed by atoms with Crippen LogP contribution in [-0.4, -0.2) is 57.5 Å². The number of carboxylic acids is 1. The molecule has 2 heterocycles. The van der Waals surface area contributed by atoms with Gasteiger partial charge in [-0.25, -0.2) is 9.37 Å². The number of methoxy groups -OCH3 is 1. The molecule has 0 aliphatic carbocycles. The molecule has 1 aliphatic rings. The molecule has 0 saturated carbocycles. The van der Waals surface area contributed by atoms with Crippen molar-refractivity contribution in [3.63, 3.8) is 0 Å². The van der Waals surface area contributed by atoms with Gasteiger partial charge in [-0.05, 0) is 43.2 Å². The lowest BCUT2D eigenvalue weighted by molar-refractivity contribution is -0.143. The van der Waals surface area contributed by atoms with Crippen molar-refractivity contribution in [2.45, 2.75) is 12.8 Å². The van der Waals surface area contributed by atoms with E-state index in [9.17, 15) is 18.8 Å². The number of carbonyl (C=O) groups is 3.